The van der Waals surface area contributed by atoms with Crippen LogP contribution in [0.5, 0.6) is 5.75 Å². The molecule has 2 saturated carbocycles. The number of halogens is 1. The first kappa shape index (κ1) is 29.2. The molecular formula is C31H38ClN3O7. The lowest BCUT2D eigenvalue weighted by atomic mass is 9.58. The first-order valence-electron chi connectivity index (χ1n) is 14.7. The normalized spacial score (nSPS) is 30.0. The number of phenols is 1. The first-order chi connectivity index (χ1) is 19.8. The van der Waals surface area contributed by atoms with Crippen LogP contribution in [0.15, 0.2) is 28.7 Å². The van der Waals surface area contributed by atoms with E-state index < -0.39 is 58.0 Å². The van der Waals surface area contributed by atoms with Crippen molar-refractivity contribution in [2.75, 3.05) is 20.6 Å². The van der Waals surface area contributed by atoms with Crippen LogP contribution in [0.3, 0.4) is 0 Å². The molecule has 0 bridgehead atoms. The molecule has 0 saturated heterocycles. The van der Waals surface area contributed by atoms with Crippen LogP contribution >= 0.6 is 11.6 Å². The molecule has 10 nitrogen and oxygen atoms in total. The van der Waals surface area contributed by atoms with Gasteiger partial charge in [-0.25, -0.2) is 0 Å². The first-order valence-corrected chi connectivity index (χ1v) is 15.1. The minimum Gasteiger partial charge on any atom is -0.510 e. The fraction of sp³-hybridized carbons (Fsp3) is 0.581. The zero-order valence-electron chi connectivity index (χ0n) is 24.1. The third-order valence-corrected chi connectivity index (χ3v) is 10.6. The minimum atomic E-state index is -2.66. The number of fused-ring (bicyclic) bond motifs is 3. The predicted octanol–water partition coefficient (Wildman–Crippen LogP) is 2.78. The molecule has 226 valence electrons. The maximum absolute atomic E-state index is 13.9. The van der Waals surface area contributed by atoms with Gasteiger partial charge < -0.3 is 26.2 Å². The number of amides is 1. The third kappa shape index (κ3) is 4.37. The molecule has 42 heavy (non-hydrogen) atoms. The Morgan fingerprint density at radius 2 is 1.83 bits per heavy atom. The average molecular weight is 600 g/mol. The van der Waals surface area contributed by atoms with E-state index in [-0.39, 0.29) is 29.7 Å². The van der Waals surface area contributed by atoms with Gasteiger partial charge in [-0.1, -0.05) is 11.6 Å². The summed E-state index contributed by atoms with van der Waals surface area (Å²) in [5.74, 6) is -5.40. The van der Waals surface area contributed by atoms with Crippen molar-refractivity contribution >= 4 is 29.1 Å². The Kier molecular flexibility index (Phi) is 7.00. The number of hydrogen-bond acceptors (Lipinski definition) is 9. The van der Waals surface area contributed by atoms with Gasteiger partial charge in [0.25, 0.3) is 5.91 Å². The number of likely N-dealkylation sites (N-methyl/N-ethyl adjacent to an activating group) is 1. The van der Waals surface area contributed by atoms with Crippen LogP contribution in [0, 0.1) is 23.7 Å². The van der Waals surface area contributed by atoms with Crippen LogP contribution in [0.2, 0.25) is 5.02 Å². The van der Waals surface area contributed by atoms with Gasteiger partial charge in [0.05, 0.1) is 11.6 Å². The van der Waals surface area contributed by atoms with Crippen LogP contribution in [-0.2, 0) is 22.6 Å². The van der Waals surface area contributed by atoms with Crippen molar-refractivity contribution in [1.29, 1.82) is 0 Å². The number of carbonyl (C=O) groups excluding carboxylic acids is 3. The lowest BCUT2D eigenvalue weighted by molar-refractivity contribution is -0.148. The maximum atomic E-state index is 13.9. The summed E-state index contributed by atoms with van der Waals surface area (Å²) in [4.78, 5) is 43.4. The highest BCUT2D eigenvalue weighted by Gasteiger charge is 2.63. The summed E-state index contributed by atoms with van der Waals surface area (Å²) in [5, 5.41) is 45.7. The summed E-state index contributed by atoms with van der Waals surface area (Å²) in [6.07, 6.45) is 5.03. The van der Waals surface area contributed by atoms with Gasteiger partial charge in [-0.05, 0) is 94.5 Å². The molecule has 5 aliphatic rings. The average Bonchev–Trinajstić information content (AvgIpc) is 3.83. The minimum absolute atomic E-state index is 0.0274. The fourth-order valence-corrected chi connectivity index (χ4v) is 7.86. The lowest BCUT2D eigenvalue weighted by Gasteiger charge is -2.50. The summed E-state index contributed by atoms with van der Waals surface area (Å²) in [7, 11) is 3.20. The third-order valence-electron chi connectivity index (χ3n) is 10.2. The Hall–Kier alpha value is -2.92. The molecule has 0 unspecified atom stereocenters. The Labute approximate surface area is 249 Å². The number of nitrogens with two attached hydrogens (primary N) is 1. The molecule has 6 rings (SSSR count). The number of phenolic OH excluding ortho intramolecular Hbond substituents is 1. The Bertz CT molecular complexity index is 1460. The van der Waals surface area contributed by atoms with E-state index in [1.165, 1.54) is 36.6 Å². The van der Waals surface area contributed by atoms with Gasteiger partial charge in [-0.2, -0.15) is 0 Å². The Balaban J connectivity index is 1.41. The zero-order valence-corrected chi connectivity index (χ0v) is 24.8. The molecule has 1 aromatic rings. The zero-order chi connectivity index (χ0) is 30.4. The fourth-order valence-electron chi connectivity index (χ4n) is 7.57. The molecule has 5 atom stereocenters. The van der Waals surface area contributed by atoms with Crippen LogP contribution in [0.25, 0.3) is 0 Å². The molecule has 1 amide bonds. The number of aliphatic hydroxyl groups is 3. The van der Waals surface area contributed by atoms with Crippen molar-refractivity contribution in [2.24, 2.45) is 29.4 Å². The monoisotopic (exact) mass is 599 g/mol. The van der Waals surface area contributed by atoms with Crippen LogP contribution in [0.4, 0.5) is 0 Å². The number of rotatable bonds is 8. The van der Waals surface area contributed by atoms with Gasteiger partial charge in [0, 0.05) is 35.6 Å². The summed E-state index contributed by atoms with van der Waals surface area (Å²) in [6.45, 7) is 3.73. The van der Waals surface area contributed by atoms with E-state index in [2.05, 4.69) is 11.8 Å². The second kappa shape index (κ2) is 10.1. The standard InChI is InChI=1S/C31H38ClN3O7/c1-13(15-6-7-15)35(11-14-4-5-14)12-17-10-20(36)22-18(24(17)32)8-16-9-19-25(34(2)3)27(38)23(30(33)41)29(40)31(19,42)28(39)21(16)26(22)37/h10,13-16,19,25,36,38-39,42H,4-9,11-12H2,1-3H3,(H2,33,41)/t13-,16+,19+,25+,31+/m1/s1. The van der Waals surface area contributed by atoms with E-state index in [1.807, 2.05) is 0 Å². The number of nitrogens with zero attached hydrogens (tertiary/aromatic N) is 2. The molecule has 0 radical (unpaired) electrons. The molecule has 6 N–H and O–H groups in total. The van der Waals surface area contributed by atoms with Gasteiger partial charge in [-0.3, -0.25) is 24.2 Å². The van der Waals surface area contributed by atoms with E-state index in [9.17, 15) is 34.8 Å². The highest BCUT2D eigenvalue weighted by Crippen LogP contribution is 2.53. The number of allylic oxidation sites excluding steroid dienone is 1. The number of Topliss-reactive ketones (excluding diaryl/α,β-unsaturated/α-hetero) is 2. The van der Waals surface area contributed by atoms with E-state index in [4.69, 9.17) is 17.3 Å². The van der Waals surface area contributed by atoms with Crippen molar-refractivity contribution in [3.63, 3.8) is 0 Å². The molecular weight excluding hydrogens is 562 g/mol. The second-order valence-corrected chi connectivity index (χ2v) is 13.5. The van der Waals surface area contributed by atoms with E-state index in [0.717, 1.165) is 12.1 Å². The van der Waals surface area contributed by atoms with Crippen LogP contribution < -0.4 is 5.73 Å². The number of carbonyl (C=O) groups is 3. The van der Waals surface area contributed by atoms with Gasteiger partial charge in [-0.15, -0.1) is 0 Å². The van der Waals surface area contributed by atoms with Crippen molar-refractivity contribution in [3.8, 4) is 5.75 Å². The maximum Gasteiger partial charge on any atom is 0.255 e. The van der Waals surface area contributed by atoms with Crippen molar-refractivity contribution in [2.45, 2.75) is 69.7 Å². The van der Waals surface area contributed by atoms with E-state index in [1.54, 1.807) is 14.1 Å². The number of primary amides is 1. The van der Waals surface area contributed by atoms with Crippen molar-refractivity contribution < 1.29 is 34.8 Å². The smallest absolute Gasteiger partial charge is 0.255 e. The van der Waals surface area contributed by atoms with Gasteiger partial charge >= 0.3 is 0 Å². The van der Waals surface area contributed by atoms with Gasteiger partial charge in [0.15, 0.2) is 11.4 Å². The number of ketones is 2. The van der Waals surface area contributed by atoms with Crippen LogP contribution in [0.1, 0.15) is 60.5 Å². The van der Waals surface area contributed by atoms with Gasteiger partial charge in [0.2, 0.25) is 5.78 Å². The Morgan fingerprint density at radius 3 is 2.40 bits per heavy atom. The number of benzene rings is 1. The molecule has 0 aliphatic heterocycles. The highest BCUT2D eigenvalue weighted by molar-refractivity contribution is 6.33. The number of aliphatic hydroxyl groups excluding tert-OH is 2. The van der Waals surface area contributed by atoms with Gasteiger partial charge in [0.1, 0.15) is 22.8 Å². The quantitative estimate of drug-likeness (QED) is 0.283. The predicted molar refractivity (Wildman–Crippen MR) is 154 cm³/mol. The Morgan fingerprint density at radius 1 is 1.17 bits per heavy atom. The highest BCUT2D eigenvalue weighted by atomic mass is 35.5. The number of hydrogen-bond donors (Lipinski definition) is 5. The molecule has 2 fully saturated rings. The molecule has 0 aromatic heterocycles. The second-order valence-electron chi connectivity index (χ2n) is 13.1. The molecule has 11 heteroatoms. The largest absolute Gasteiger partial charge is 0.510 e. The van der Waals surface area contributed by atoms with Crippen molar-refractivity contribution in [3.05, 3.63) is 50.4 Å². The van der Waals surface area contributed by atoms with E-state index in [0.29, 0.717) is 35.0 Å². The molecule has 1 aromatic carbocycles. The summed E-state index contributed by atoms with van der Waals surface area (Å²) in [6, 6.07) is 0.851. The topological polar surface area (TPSA) is 165 Å². The summed E-state index contributed by atoms with van der Waals surface area (Å²) >= 11 is 6.99. The molecule has 5 aliphatic carbocycles. The SMILES string of the molecule is C[C@H](C1CC1)N(Cc1cc(O)c2c(c1Cl)C[C@H]1C[C@H]3[C@H](N(C)C)C(O)=C(C(N)=O)C(=O)[C@@]3(O)C(O)=C1C2=O)CC1CC1. The lowest BCUT2D eigenvalue weighted by Crippen LogP contribution is -2.63. The van der Waals surface area contributed by atoms with Crippen molar-refractivity contribution in [1.82, 2.24) is 9.80 Å². The summed E-state index contributed by atoms with van der Waals surface area (Å²) < 4.78 is 0. The van der Waals surface area contributed by atoms with E-state index >= 15 is 0 Å². The number of aromatic hydroxyl groups is 1. The van der Waals surface area contributed by atoms with Crippen LogP contribution in [-0.4, -0.2) is 86.0 Å². The molecule has 0 spiro atoms. The molecule has 0 heterocycles. The summed E-state index contributed by atoms with van der Waals surface area (Å²) in [5.41, 5.74) is 2.85.